The van der Waals surface area contributed by atoms with Crippen LogP contribution in [0.25, 0.3) is 0 Å². The average Bonchev–Trinajstić information content (AvgIpc) is 2.57. The van der Waals surface area contributed by atoms with Crippen LogP contribution in [0.2, 0.25) is 0 Å². The minimum absolute atomic E-state index is 0.0415. The number of hydrogen-bond acceptors (Lipinski definition) is 2. The molecule has 4 aliphatic rings. The van der Waals surface area contributed by atoms with E-state index in [-0.39, 0.29) is 28.9 Å². The molecule has 0 aliphatic heterocycles. The van der Waals surface area contributed by atoms with Gasteiger partial charge in [0.2, 0.25) is 5.91 Å². The molecule has 0 radical (unpaired) electrons. The molecule has 4 fully saturated rings. The van der Waals surface area contributed by atoms with Gasteiger partial charge in [-0.15, -0.1) is 0 Å². The molecule has 0 atom stereocenters. The van der Waals surface area contributed by atoms with Gasteiger partial charge in [0.25, 0.3) is 0 Å². The molecule has 0 heterocycles. The highest BCUT2D eigenvalue weighted by atomic mass is 32.1. The van der Waals surface area contributed by atoms with Gasteiger partial charge in [0, 0.05) is 12.1 Å². The van der Waals surface area contributed by atoms with Crippen molar-refractivity contribution in [2.75, 3.05) is 5.32 Å². The topological polar surface area (TPSA) is 41.1 Å². The zero-order valence-electron chi connectivity index (χ0n) is 16.5. The van der Waals surface area contributed by atoms with Crippen LogP contribution >= 0.6 is 12.2 Å². The Bertz CT molecular complexity index is 827. The first-order valence-corrected chi connectivity index (χ1v) is 10.6. The molecule has 0 aromatic heterocycles. The van der Waals surface area contributed by atoms with E-state index in [1.54, 1.807) is 0 Å². The van der Waals surface area contributed by atoms with Crippen molar-refractivity contribution in [3.8, 4) is 0 Å². The van der Waals surface area contributed by atoms with E-state index in [0.29, 0.717) is 29.9 Å². The number of rotatable bonds is 3. The molecule has 5 rings (SSSR count). The van der Waals surface area contributed by atoms with Crippen LogP contribution in [0, 0.1) is 23.2 Å². The molecule has 1 aromatic carbocycles. The normalized spacial score (nSPS) is 29.7. The van der Waals surface area contributed by atoms with Crippen LogP contribution in [0.5, 0.6) is 0 Å². The number of halogens is 6. The summed E-state index contributed by atoms with van der Waals surface area (Å²) in [5.41, 5.74) is -3.45. The lowest BCUT2D eigenvalue weighted by atomic mass is 9.49. The van der Waals surface area contributed by atoms with Gasteiger partial charge in [0.05, 0.1) is 11.1 Å². The Kier molecular flexibility index (Phi) is 5.51. The molecule has 0 saturated heterocycles. The smallest absolute Gasteiger partial charge is 0.332 e. The molecule has 31 heavy (non-hydrogen) atoms. The minimum Gasteiger partial charge on any atom is -0.332 e. The number of carbonyl (C=O) groups is 1. The summed E-state index contributed by atoms with van der Waals surface area (Å²) in [5, 5.41) is 4.43. The first-order valence-electron chi connectivity index (χ1n) is 10.2. The van der Waals surface area contributed by atoms with Crippen molar-refractivity contribution < 1.29 is 31.1 Å². The number of nitrogens with one attached hydrogen (secondary N) is 2. The van der Waals surface area contributed by atoms with Crippen molar-refractivity contribution in [2.24, 2.45) is 23.2 Å². The Morgan fingerprint density at radius 1 is 0.903 bits per heavy atom. The van der Waals surface area contributed by atoms with Crippen LogP contribution in [-0.4, -0.2) is 11.0 Å². The zero-order chi connectivity index (χ0) is 22.6. The summed E-state index contributed by atoms with van der Waals surface area (Å²) in [6, 6.07) is 1.11. The van der Waals surface area contributed by atoms with E-state index in [0.717, 1.165) is 19.3 Å². The van der Waals surface area contributed by atoms with Crippen LogP contribution in [-0.2, 0) is 17.1 Å². The van der Waals surface area contributed by atoms with E-state index >= 15 is 0 Å². The maximum atomic E-state index is 13.0. The number of amides is 1. The third-order valence-electron chi connectivity index (χ3n) is 6.80. The maximum absolute atomic E-state index is 13.0. The molecule has 1 aromatic rings. The standard InChI is InChI=1S/C21H22F6N2OS/c22-20(23,24)14-4-15(21(25,26)27)6-16(5-14)28-18(31)29-17(30)10-19-7-11-1-12(8-19)3-13(2-11)9-19/h4-6,11-13H,1-3,7-10H2,(H2,28,29,30,31). The largest absolute Gasteiger partial charge is 0.416 e. The van der Waals surface area contributed by atoms with E-state index < -0.39 is 29.2 Å². The van der Waals surface area contributed by atoms with Gasteiger partial charge in [0.1, 0.15) is 0 Å². The average molecular weight is 464 g/mol. The van der Waals surface area contributed by atoms with Crippen molar-refractivity contribution in [3.63, 3.8) is 0 Å². The highest BCUT2D eigenvalue weighted by molar-refractivity contribution is 7.80. The lowest BCUT2D eigenvalue weighted by molar-refractivity contribution is -0.143. The number of alkyl halides is 6. The molecular weight excluding hydrogens is 442 g/mol. The summed E-state index contributed by atoms with van der Waals surface area (Å²) in [7, 11) is 0. The summed E-state index contributed by atoms with van der Waals surface area (Å²) >= 11 is 4.99. The number of benzene rings is 1. The van der Waals surface area contributed by atoms with Crippen molar-refractivity contribution in [3.05, 3.63) is 29.3 Å². The van der Waals surface area contributed by atoms with Crippen LogP contribution in [0.3, 0.4) is 0 Å². The van der Waals surface area contributed by atoms with Gasteiger partial charge in [-0.2, -0.15) is 26.3 Å². The maximum Gasteiger partial charge on any atom is 0.416 e. The Morgan fingerprint density at radius 3 is 1.77 bits per heavy atom. The van der Waals surface area contributed by atoms with Gasteiger partial charge in [-0.1, -0.05) is 0 Å². The van der Waals surface area contributed by atoms with Crippen LogP contribution in [0.15, 0.2) is 18.2 Å². The van der Waals surface area contributed by atoms with Gasteiger partial charge >= 0.3 is 12.4 Å². The molecular formula is C21H22F6N2OS. The van der Waals surface area contributed by atoms with E-state index in [2.05, 4.69) is 10.6 Å². The molecule has 2 N–H and O–H groups in total. The third-order valence-corrected chi connectivity index (χ3v) is 7.00. The lowest BCUT2D eigenvalue weighted by Gasteiger charge is -2.56. The second-order valence-electron chi connectivity index (χ2n) is 9.39. The molecule has 170 valence electrons. The first kappa shape index (κ1) is 22.4. The fraction of sp³-hybridized carbons (Fsp3) is 0.619. The van der Waals surface area contributed by atoms with Gasteiger partial charge < -0.3 is 10.6 Å². The Balaban J connectivity index is 1.42. The SMILES string of the molecule is O=C(CC12CC3CC(CC(C3)C1)C2)NC(=S)Nc1cc(C(F)(F)F)cc(C(F)(F)F)c1. The van der Waals surface area contributed by atoms with Gasteiger partial charge in [-0.3, -0.25) is 4.79 Å². The molecule has 4 bridgehead atoms. The fourth-order valence-electron chi connectivity index (χ4n) is 6.21. The highest BCUT2D eigenvalue weighted by Gasteiger charge is 2.51. The van der Waals surface area contributed by atoms with Crippen molar-refractivity contribution >= 4 is 28.9 Å². The predicted octanol–water partition coefficient (Wildman–Crippen LogP) is 6.14. The van der Waals surface area contributed by atoms with Gasteiger partial charge in [0.15, 0.2) is 5.11 Å². The van der Waals surface area contributed by atoms with Crippen LogP contribution in [0.4, 0.5) is 32.0 Å². The minimum atomic E-state index is -4.96. The Morgan fingerprint density at radius 2 is 1.35 bits per heavy atom. The zero-order valence-corrected chi connectivity index (χ0v) is 17.3. The van der Waals surface area contributed by atoms with E-state index in [4.69, 9.17) is 12.2 Å². The second-order valence-corrected chi connectivity index (χ2v) is 9.80. The number of carbonyl (C=O) groups excluding carboxylic acids is 1. The number of anilines is 1. The van der Waals surface area contributed by atoms with Crippen molar-refractivity contribution in [1.82, 2.24) is 5.32 Å². The monoisotopic (exact) mass is 464 g/mol. The molecule has 3 nitrogen and oxygen atoms in total. The Labute approximate surface area is 181 Å². The van der Waals surface area contributed by atoms with Crippen molar-refractivity contribution in [1.29, 1.82) is 0 Å². The first-order chi connectivity index (χ1) is 14.3. The van der Waals surface area contributed by atoms with Crippen LogP contribution in [0.1, 0.15) is 56.1 Å². The summed E-state index contributed by atoms with van der Waals surface area (Å²) in [6.45, 7) is 0. The summed E-state index contributed by atoms with van der Waals surface area (Å²) < 4.78 is 78.0. The highest BCUT2D eigenvalue weighted by Crippen LogP contribution is 2.61. The Hall–Kier alpha value is -1.84. The summed E-state index contributed by atoms with van der Waals surface area (Å²) in [4.78, 5) is 12.6. The lowest BCUT2D eigenvalue weighted by Crippen LogP contribution is -2.48. The molecule has 4 aliphatic carbocycles. The molecule has 10 heteroatoms. The molecule has 0 spiro atoms. The number of thiocarbonyl (C=S) groups is 1. The molecule has 0 unspecified atom stereocenters. The fourth-order valence-corrected chi connectivity index (χ4v) is 6.44. The molecule has 4 saturated carbocycles. The summed E-state index contributed by atoms with van der Waals surface area (Å²) in [5.74, 6) is 1.59. The van der Waals surface area contributed by atoms with Gasteiger partial charge in [-0.25, -0.2) is 0 Å². The van der Waals surface area contributed by atoms with Crippen LogP contribution < -0.4 is 10.6 Å². The number of hydrogen-bond donors (Lipinski definition) is 2. The van der Waals surface area contributed by atoms with Gasteiger partial charge in [-0.05, 0) is 92.1 Å². The molecule has 1 amide bonds. The van der Waals surface area contributed by atoms with E-state index in [9.17, 15) is 31.1 Å². The van der Waals surface area contributed by atoms with Crippen molar-refractivity contribution in [2.45, 2.75) is 57.3 Å². The predicted molar refractivity (Wildman–Crippen MR) is 106 cm³/mol. The summed E-state index contributed by atoms with van der Waals surface area (Å²) in [6.07, 6.45) is -3.00. The second kappa shape index (κ2) is 7.64. The third kappa shape index (κ3) is 4.99. The van der Waals surface area contributed by atoms with E-state index in [1.165, 1.54) is 19.3 Å². The quantitative estimate of drug-likeness (QED) is 0.417. The van der Waals surface area contributed by atoms with E-state index in [1.807, 2.05) is 0 Å².